The maximum absolute atomic E-state index is 12.8. The van der Waals surface area contributed by atoms with E-state index in [1.165, 1.54) is 11.0 Å². The van der Waals surface area contributed by atoms with Crippen LogP contribution in [0, 0.1) is 0 Å². The number of hydrogen-bond acceptors (Lipinski definition) is 2. The number of carbonyl (C=O) groups is 2. The van der Waals surface area contributed by atoms with Crippen LogP contribution in [0.3, 0.4) is 0 Å². The monoisotopic (exact) mass is 334 g/mol. The summed E-state index contributed by atoms with van der Waals surface area (Å²) in [7, 11) is 0. The van der Waals surface area contributed by atoms with Crippen molar-refractivity contribution in [3.05, 3.63) is 63.6 Å². The average molecular weight is 335 g/mol. The summed E-state index contributed by atoms with van der Waals surface area (Å²) in [4.78, 5) is 26.0. The molecule has 112 valence electrons. The largest absolute Gasteiger partial charge is 0.368 e. The van der Waals surface area contributed by atoms with E-state index in [0.29, 0.717) is 17.1 Å². The summed E-state index contributed by atoms with van der Waals surface area (Å²) in [5.74, 6) is -0.912. The summed E-state index contributed by atoms with van der Waals surface area (Å²) in [6.07, 6.45) is 0.405. The van der Waals surface area contributed by atoms with Crippen LogP contribution in [0.4, 0.5) is 5.69 Å². The highest BCUT2D eigenvalue weighted by atomic mass is 35.5. The molecule has 1 heterocycles. The molecule has 0 aromatic heterocycles. The van der Waals surface area contributed by atoms with Crippen molar-refractivity contribution in [2.75, 3.05) is 4.90 Å². The zero-order valence-electron chi connectivity index (χ0n) is 11.4. The Kier molecular flexibility index (Phi) is 3.81. The van der Waals surface area contributed by atoms with Crippen molar-refractivity contribution in [3.8, 4) is 0 Å². The van der Waals surface area contributed by atoms with Crippen molar-refractivity contribution in [3.63, 3.8) is 0 Å². The van der Waals surface area contributed by atoms with E-state index in [9.17, 15) is 9.59 Å². The fourth-order valence-corrected chi connectivity index (χ4v) is 3.15. The molecule has 0 aliphatic carbocycles. The lowest BCUT2D eigenvalue weighted by molar-refractivity contribution is -0.119. The number of fused-ring (bicyclic) bond motifs is 1. The minimum atomic E-state index is -0.711. The molecule has 0 fully saturated rings. The predicted molar refractivity (Wildman–Crippen MR) is 86.4 cm³/mol. The van der Waals surface area contributed by atoms with Gasteiger partial charge in [-0.3, -0.25) is 14.5 Å². The van der Waals surface area contributed by atoms with Crippen LogP contribution in [0.15, 0.2) is 42.5 Å². The molecule has 2 aromatic rings. The van der Waals surface area contributed by atoms with E-state index in [0.717, 1.165) is 5.56 Å². The zero-order chi connectivity index (χ0) is 15.9. The molecule has 3 rings (SSSR count). The van der Waals surface area contributed by atoms with E-state index >= 15 is 0 Å². The number of nitrogens with zero attached hydrogens (tertiary/aromatic N) is 1. The molecular formula is C16H12Cl2N2O2. The van der Waals surface area contributed by atoms with Gasteiger partial charge in [0.15, 0.2) is 0 Å². The maximum Gasteiger partial charge on any atom is 0.260 e. The van der Waals surface area contributed by atoms with Gasteiger partial charge in [-0.1, -0.05) is 41.4 Å². The van der Waals surface area contributed by atoms with E-state index in [1.807, 2.05) is 18.2 Å². The standard InChI is InChI=1S/C16H12Cl2N2O2/c17-10-5-6-11(12(18)8-10)16(22)20-13-4-2-1-3-9(13)7-14(20)15(19)21/h1-6,8,14H,7H2,(H2,19,21)/t14-/m1/s1. The van der Waals surface area contributed by atoms with Crippen molar-refractivity contribution in [1.82, 2.24) is 0 Å². The van der Waals surface area contributed by atoms with E-state index < -0.39 is 11.9 Å². The van der Waals surface area contributed by atoms with Gasteiger partial charge in [0.2, 0.25) is 5.91 Å². The molecule has 0 radical (unpaired) electrons. The number of para-hydroxylation sites is 1. The lowest BCUT2D eigenvalue weighted by Gasteiger charge is -2.23. The van der Waals surface area contributed by atoms with Gasteiger partial charge in [0.05, 0.1) is 10.6 Å². The molecule has 0 unspecified atom stereocenters. The summed E-state index contributed by atoms with van der Waals surface area (Å²) >= 11 is 12.0. The molecular weight excluding hydrogens is 323 g/mol. The van der Waals surface area contributed by atoms with Gasteiger partial charge >= 0.3 is 0 Å². The number of primary amides is 1. The molecule has 22 heavy (non-hydrogen) atoms. The topological polar surface area (TPSA) is 63.4 Å². The number of benzene rings is 2. The number of rotatable bonds is 2. The molecule has 0 bridgehead atoms. The molecule has 2 aromatic carbocycles. The summed E-state index contributed by atoms with van der Waals surface area (Å²) < 4.78 is 0. The molecule has 2 N–H and O–H groups in total. The molecule has 6 heteroatoms. The van der Waals surface area contributed by atoms with Crippen molar-refractivity contribution >= 4 is 40.7 Å². The lowest BCUT2D eigenvalue weighted by atomic mass is 10.1. The molecule has 0 spiro atoms. The van der Waals surface area contributed by atoms with Gasteiger partial charge < -0.3 is 5.73 Å². The normalized spacial score (nSPS) is 16.5. The van der Waals surface area contributed by atoms with E-state index in [4.69, 9.17) is 28.9 Å². The highest BCUT2D eigenvalue weighted by Gasteiger charge is 2.37. The van der Waals surface area contributed by atoms with Crippen molar-refractivity contribution in [2.24, 2.45) is 5.73 Å². The minimum Gasteiger partial charge on any atom is -0.368 e. The van der Waals surface area contributed by atoms with E-state index in [2.05, 4.69) is 0 Å². The second kappa shape index (κ2) is 5.63. The number of hydrogen-bond donors (Lipinski definition) is 1. The van der Waals surface area contributed by atoms with Crippen molar-refractivity contribution < 1.29 is 9.59 Å². The second-order valence-electron chi connectivity index (χ2n) is 5.05. The third-order valence-corrected chi connectivity index (χ3v) is 4.23. The highest BCUT2D eigenvalue weighted by molar-refractivity contribution is 6.37. The first-order valence-corrected chi connectivity index (χ1v) is 7.40. The number of amides is 2. The first-order chi connectivity index (χ1) is 10.5. The quantitative estimate of drug-likeness (QED) is 0.917. The number of nitrogens with two attached hydrogens (primary N) is 1. The van der Waals surface area contributed by atoms with Crippen LogP contribution in [-0.4, -0.2) is 17.9 Å². The van der Waals surface area contributed by atoms with Crippen molar-refractivity contribution in [2.45, 2.75) is 12.5 Å². The smallest absolute Gasteiger partial charge is 0.260 e. The number of halogens is 2. The maximum atomic E-state index is 12.8. The molecule has 1 aliphatic heterocycles. The molecule has 2 amide bonds. The Morgan fingerprint density at radius 3 is 2.55 bits per heavy atom. The Labute approximate surface area is 137 Å². The summed E-state index contributed by atoms with van der Waals surface area (Å²) in [6, 6.07) is 11.3. The molecule has 1 atom stereocenters. The highest BCUT2D eigenvalue weighted by Crippen LogP contribution is 2.34. The van der Waals surface area contributed by atoms with Gasteiger partial charge in [-0.15, -0.1) is 0 Å². The van der Waals surface area contributed by atoms with Gasteiger partial charge in [-0.25, -0.2) is 0 Å². The number of carbonyl (C=O) groups excluding carboxylic acids is 2. The van der Waals surface area contributed by atoms with E-state index in [-0.39, 0.29) is 16.5 Å². The van der Waals surface area contributed by atoms with Crippen LogP contribution < -0.4 is 10.6 Å². The summed E-state index contributed by atoms with van der Waals surface area (Å²) in [6.45, 7) is 0. The Morgan fingerprint density at radius 1 is 1.14 bits per heavy atom. The lowest BCUT2D eigenvalue weighted by Crippen LogP contribution is -2.46. The van der Waals surface area contributed by atoms with Crippen molar-refractivity contribution in [1.29, 1.82) is 0 Å². The van der Waals surface area contributed by atoms with Crippen LogP contribution in [0.25, 0.3) is 0 Å². The van der Waals surface area contributed by atoms with Gasteiger partial charge in [0, 0.05) is 17.1 Å². The van der Waals surface area contributed by atoms with Crippen LogP contribution in [-0.2, 0) is 11.2 Å². The first-order valence-electron chi connectivity index (χ1n) is 6.65. The Hall–Kier alpha value is -2.04. The molecule has 0 saturated carbocycles. The summed E-state index contributed by atoms with van der Waals surface area (Å²) in [5.41, 5.74) is 7.33. The van der Waals surface area contributed by atoms with Gasteiger partial charge in [0.1, 0.15) is 6.04 Å². The van der Waals surface area contributed by atoms with Crippen LogP contribution >= 0.6 is 23.2 Å². The van der Waals surface area contributed by atoms with Crippen LogP contribution in [0.5, 0.6) is 0 Å². The average Bonchev–Trinajstić information content (AvgIpc) is 2.86. The fraction of sp³-hybridized carbons (Fsp3) is 0.125. The Balaban J connectivity index is 2.07. The number of anilines is 1. The van der Waals surface area contributed by atoms with E-state index in [1.54, 1.807) is 18.2 Å². The fourth-order valence-electron chi connectivity index (χ4n) is 2.66. The molecule has 0 saturated heterocycles. The Bertz CT molecular complexity index is 776. The SMILES string of the molecule is NC(=O)[C@H]1Cc2ccccc2N1C(=O)c1ccc(Cl)cc1Cl. The third-order valence-electron chi connectivity index (χ3n) is 3.68. The van der Waals surface area contributed by atoms with Gasteiger partial charge in [-0.2, -0.15) is 0 Å². The van der Waals surface area contributed by atoms with Gasteiger partial charge in [0.25, 0.3) is 5.91 Å². The second-order valence-corrected chi connectivity index (χ2v) is 5.89. The first kappa shape index (κ1) is 14.9. The predicted octanol–water partition coefficient (Wildman–Crippen LogP) is 3.05. The molecule has 4 nitrogen and oxygen atoms in total. The van der Waals surface area contributed by atoms with Gasteiger partial charge in [-0.05, 0) is 29.8 Å². The van der Waals surface area contributed by atoms with Crippen LogP contribution in [0.2, 0.25) is 10.0 Å². The summed E-state index contributed by atoms with van der Waals surface area (Å²) in [5, 5.41) is 0.680. The molecule has 1 aliphatic rings. The zero-order valence-corrected chi connectivity index (χ0v) is 12.9. The van der Waals surface area contributed by atoms with Crippen LogP contribution in [0.1, 0.15) is 15.9 Å². The Morgan fingerprint density at radius 2 is 1.86 bits per heavy atom. The third kappa shape index (κ3) is 2.45. The minimum absolute atomic E-state index is 0.241.